The van der Waals surface area contributed by atoms with Gasteiger partial charge < -0.3 is 4.40 Å². The second kappa shape index (κ2) is 5.76. The molecule has 156 valence electrons. The van der Waals surface area contributed by atoms with E-state index in [1.54, 1.807) is 0 Å². The van der Waals surface area contributed by atoms with Gasteiger partial charge in [0.1, 0.15) is 0 Å². The molecule has 33 heavy (non-hydrogen) atoms. The van der Waals surface area contributed by atoms with Crippen LogP contribution in [0.5, 0.6) is 0 Å². The van der Waals surface area contributed by atoms with Gasteiger partial charge in [-0.15, -0.1) is 0 Å². The van der Waals surface area contributed by atoms with Crippen molar-refractivity contribution < 1.29 is 0 Å². The molecule has 1 aliphatic carbocycles. The maximum Gasteiger partial charge on any atom is 0.0619 e. The number of aromatic nitrogens is 1. The second-order valence-electron chi connectivity index (χ2n) is 9.92. The van der Waals surface area contributed by atoms with Gasteiger partial charge in [0.15, 0.2) is 0 Å². The Morgan fingerprint density at radius 2 is 1.36 bits per heavy atom. The van der Waals surface area contributed by atoms with E-state index in [1.807, 2.05) is 0 Å². The first-order valence-electron chi connectivity index (χ1n) is 11.5. The number of hydrogen-bond acceptors (Lipinski definition) is 0. The van der Waals surface area contributed by atoms with Crippen LogP contribution in [0.3, 0.4) is 0 Å². The van der Waals surface area contributed by atoms with Crippen molar-refractivity contribution in [2.24, 2.45) is 0 Å². The van der Waals surface area contributed by atoms with Gasteiger partial charge in [0, 0.05) is 31.4 Å². The van der Waals surface area contributed by atoms with Gasteiger partial charge in [-0.25, -0.2) is 0 Å². The maximum absolute atomic E-state index is 3.70. The Hall–Kier alpha value is -3.36. The van der Waals surface area contributed by atoms with Crippen molar-refractivity contribution in [3.05, 3.63) is 101 Å². The number of pyridine rings is 1. The topological polar surface area (TPSA) is 4.41 Å². The molecule has 5 aromatic carbocycles. The van der Waals surface area contributed by atoms with Crippen LogP contribution in [-0.2, 0) is 5.41 Å². The van der Waals surface area contributed by atoms with Crippen LogP contribution in [0.4, 0.5) is 0 Å². The molecule has 0 amide bonds. The largest absolute Gasteiger partial charge is 0.308 e. The van der Waals surface area contributed by atoms with Crippen LogP contribution in [0.2, 0.25) is 0 Å². The highest BCUT2D eigenvalue weighted by Crippen LogP contribution is 2.53. The Morgan fingerprint density at radius 1 is 0.636 bits per heavy atom. The molecule has 0 atom stereocenters. The first kappa shape index (κ1) is 18.1. The summed E-state index contributed by atoms with van der Waals surface area (Å²) in [5.74, 6) is 0. The molecule has 0 saturated carbocycles. The number of nitrogens with zero attached hydrogens (tertiary/aromatic N) is 1. The zero-order valence-corrected chi connectivity index (χ0v) is 20.0. The van der Waals surface area contributed by atoms with Crippen molar-refractivity contribution in [3.8, 4) is 11.1 Å². The molecule has 0 bridgehead atoms. The molecule has 2 aromatic heterocycles. The Morgan fingerprint density at radius 3 is 2.21 bits per heavy atom. The van der Waals surface area contributed by atoms with Crippen molar-refractivity contribution >= 4 is 64.8 Å². The summed E-state index contributed by atoms with van der Waals surface area (Å²) in [5.41, 5.74) is 9.48. The Labute approximate surface area is 199 Å². The van der Waals surface area contributed by atoms with Gasteiger partial charge in [-0.1, -0.05) is 90.4 Å². The minimum atomic E-state index is -0.0288. The van der Waals surface area contributed by atoms with Gasteiger partial charge in [-0.3, -0.25) is 0 Å². The molecular formula is C31H20BrN. The zero-order chi connectivity index (χ0) is 22.1. The summed E-state index contributed by atoms with van der Waals surface area (Å²) in [6.07, 6.45) is 0. The van der Waals surface area contributed by atoms with E-state index in [1.165, 1.54) is 71.1 Å². The minimum Gasteiger partial charge on any atom is -0.308 e. The molecule has 1 aliphatic rings. The number of hydrogen-bond donors (Lipinski definition) is 0. The van der Waals surface area contributed by atoms with E-state index >= 15 is 0 Å². The SMILES string of the molecule is CC1(C)c2ccccc2-c2cc3c4c(cccc4c4cccc5c6cc(Br)ccc6n3c45)c21. The summed E-state index contributed by atoms with van der Waals surface area (Å²) in [6.45, 7) is 4.76. The predicted octanol–water partition coefficient (Wildman–Crippen LogP) is 9.06. The normalized spacial score (nSPS) is 14.8. The van der Waals surface area contributed by atoms with Crippen molar-refractivity contribution in [1.82, 2.24) is 4.40 Å². The fourth-order valence-corrected chi connectivity index (χ4v) is 7.02. The van der Waals surface area contributed by atoms with E-state index in [0.29, 0.717) is 0 Å². The summed E-state index contributed by atoms with van der Waals surface area (Å²) in [6, 6.07) is 31.7. The van der Waals surface area contributed by atoms with Gasteiger partial charge in [0.2, 0.25) is 0 Å². The van der Waals surface area contributed by atoms with E-state index in [-0.39, 0.29) is 5.41 Å². The predicted molar refractivity (Wildman–Crippen MR) is 144 cm³/mol. The molecule has 0 aliphatic heterocycles. The van der Waals surface area contributed by atoms with Crippen LogP contribution in [-0.4, -0.2) is 4.40 Å². The van der Waals surface area contributed by atoms with Crippen LogP contribution in [0.25, 0.3) is 60.0 Å². The summed E-state index contributed by atoms with van der Waals surface area (Å²) in [5, 5.41) is 8.03. The van der Waals surface area contributed by atoms with Gasteiger partial charge in [0.25, 0.3) is 0 Å². The van der Waals surface area contributed by atoms with Crippen molar-refractivity contribution in [2.45, 2.75) is 19.3 Å². The average Bonchev–Trinajstić information content (AvgIpc) is 3.27. The fourth-order valence-electron chi connectivity index (χ4n) is 6.66. The number of fused-ring (bicyclic) bond motifs is 9. The molecule has 0 radical (unpaired) electrons. The standard InChI is InChI=1S/C31H20BrN/c1-31(2)25-12-4-3-7-18(25)24-16-27-28-19(8-5-11-22(28)29(24)31)20-9-6-10-21-23-15-17(32)13-14-26(23)33(27)30(20)21/h3-16H,1-2H3. The maximum atomic E-state index is 3.70. The van der Waals surface area contributed by atoms with E-state index in [9.17, 15) is 0 Å². The van der Waals surface area contributed by atoms with Crippen LogP contribution >= 0.6 is 15.9 Å². The molecule has 8 rings (SSSR count). The number of benzene rings is 5. The molecule has 2 heterocycles. The lowest BCUT2D eigenvalue weighted by Crippen LogP contribution is -2.15. The van der Waals surface area contributed by atoms with Gasteiger partial charge in [-0.2, -0.15) is 0 Å². The second-order valence-corrected chi connectivity index (χ2v) is 10.8. The Kier molecular flexibility index (Phi) is 3.16. The van der Waals surface area contributed by atoms with Gasteiger partial charge in [-0.05, 0) is 57.3 Å². The number of para-hydroxylation sites is 1. The molecular weight excluding hydrogens is 466 g/mol. The van der Waals surface area contributed by atoms with Crippen molar-refractivity contribution in [3.63, 3.8) is 0 Å². The third-order valence-corrected chi connectivity index (χ3v) is 8.43. The quantitative estimate of drug-likeness (QED) is 0.149. The summed E-state index contributed by atoms with van der Waals surface area (Å²) in [4.78, 5) is 0. The molecule has 1 nitrogen and oxygen atoms in total. The zero-order valence-electron chi connectivity index (χ0n) is 18.4. The first-order chi connectivity index (χ1) is 16.1. The third kappa shape index (κ3) is 2.01. The van der Waals surface area contributed by atoms with Crippen LogP contribution < -0.4 is 0 Å². The Balaban J connectivity index is 1.74. The van der Waals surface area contributed by atoms with Crippen molar-refractivity contribution in [2.75, 3.05) is 0 Å². The first-order valence-corrected chi connectivity index (χ1v) is 12.3. The highest BCUT2D eigenvalue weighted by atomic mass is 79.9. The molecule has 2 heteroatoms. The van der Waals surface area contributed by atoms with Crippen LogP contribution in [0.1, 0.15) is 25.0 Å². The fraction of sp³-hybridized carbons (Fsp3) is 0.0968. The monoisotopic (exact) mass is 485 g/mol. The van der Waals surface area contributed by atoms with Gasteiger partial charge >= 0.3 is 0 Å². The number of rotatable bonds is 0. The van der Waals surface area contributed by atoms with Crippen LogP contribution in [0, 0.1) is 0 Å². The summed E-state index contributed by atoms with van der Waals surface area (Å²) < 4.78 is 3.63. The van der Waals surface area contributed by atoms with Crippen molar-refractivity contribution in [1.29, 1.82) is 0 Å². The van der Waals surface area contributed by atoms with E-state index in [2.05, 4.69) is 119 Å². The minimum absolute atomic E-state index is 0.0288. The molecule has 0 fully saturated rings. The molecule has 0 saturated heterocycles. The molecule has 7 aromatic rings. The molecule has 0 N–H and O–H groups in total. The lowest BCUT2D eigenvalue weighted by molar-refractivity contribution is 0.666. The smallest absolute Gasteiger partial charge is 0.0619 e. The lowest BCUT2D eigenvalue weighted by atomic mass is 9.79. The molecule has 0 spiro atoms. The summed E-state index contributed by atoms with van der Waals surface area (Å²) in [7, 11) is 0. The summed E-state index contributed by atoms with van der Waals surface area (Å²) >= 11 is 3.70. The van der Waals surface area contributed by atoms with E-state index < -0.39 is 0 Å². The van der Waals surface area contributed by atoms with Gasteiger partial charge in [0.05, 0.1) is 16.6 Å². The number of halogens is 1. The van der Waals surface area contributed by atoms with Crippen LogP contribution in [0.15, 0.2) is 89.4 Å². The Bertz CT molecular complexity index is 1950. The van der Waals surface area contributed by atoms with E-state index in [0.717, 1.165) is 4.47 Å². The molecule has 0 unspecified atom stereocenters. The highest BCUT2D eigenvalue weighted by Gasteiger charge is 2.37. The average molecular weight is 486 g/mol. The highest BCUT2D eigenvalue weighted by molar-refractivity contribution is 9.10. The lowest BCUT2D eigenvalue weighted by Gasteiger charge is -2.24. The third-order valence-electron chi connectivity index (χ3n) is 7.94. The van der Waals surface area contributed by atoms with E-state index in [4.69, 9.17) is 0 Å².